The number of aryl methyl sites for hydroxylation is 1. The molecular weight excluding hydrogens is 281 g/mol. The standard InChI is InChI=1S/C15H17F3N2O/c1-3-20(10-15(16,17)18)14(21)13-9-12(5-4-8-19)7-6-11(13)2/h6-7,9H,3,8,10,19H2,1-2H3. The van der Waals surface area contributed by atoms with Gasteiger partial charge in [-0.2, -0.15) is 13.2 Å². The third kappa shape index (κ3) is 5.12. The summed E-state index contributed by atoms with van der Waals surface area (Å²) < 4.78 is 37.5. The van der Waals surface area contributed by atoms with E-state index in [0.29, 0.717) is 11.1 Å². The fourth-order valence-electron chi connectivity index (χ4n) is 1.80. The molecule has 0 saturated heterocycles. The van der Waals surface area contributed by atoms with Crippen molar-refractivity contribution in [1.29, 1.82) is 0 Å². The van der Waals surface area contributed by atoms with Crippen LogP contribution in [0.3, 0.4) is 0 Å². The van der Waals surface area contributed by atoms with Gasteiger partial charge in [-0.05, 0) is 31.5 Å². The molecule has 21 heavy (non-hydrogen) atoms. The summed E-state index contributed by atoms with van der Waals surface area (Å²) >= 11 is 0. The smallest absolute Gasteiger partial charge is 0.330 e. The minimum absolute atomic E-state index is 0.0174. The number of nitrogens with zero attached hydrogens (tertiary/aromatic N) is 1. The number of halogens is 3. The number of benzene rings is 1. The quantitative estimate of drug-likeness (QED) is 0.871. The number of amides is 1. The van der Waals surface area contributed by atoms with Crippen LogP contribution >= 0.6 is 0 Å². The summed E-state index contributed by atoms with van der Waals surface area (Å²) in [7, 11) is 0. The van der Waals surface area contributed by atoms with Crippen molar-refractivity contribution >= 4 is 5.91 Å². The molecule has 1 aromatic carbocycles. The van der Waals surface area contributed by atoms with Gasteiger partial charge in [-0.3, -0.25) is 4.79 Å². The van der Waals surface area contributed by atoms with E-state index < -0.39 is 18.6 Å². The van der Waals surface area contributed by atoms with Crippen LogP contribution in [0, 0.1) is 18.8 Å². The second-order valence-corrected chi connectivity index (χ2v) is 4.47. The molecule has 1 amide bonds. The van der Waals surface area contributed by atoms with Crippen molar-refractivity contribution in [3.05, 3.63) is 34.9 Å². The van der Waals surface area contributed by atoms with E-state index in [9.17, 15) is 18.0 Å². The molecule has 0 aliphatic heterocycles. The largest absolute Gasteiger partial charge is 0.406 e. The van der Waals surface area contributed by atoms with E-state index in [1.165, 1.54) is 13.0 Å². The predicted octanol–water partition coefficient (Wildman–Crippen LogP) is 2.33. The molecule has 1 rings (SSSR count). The van der Waals surface area contributed by atoms with Crippen molar-refractivity contribution in [2.75, 3.05) is 19.6 Å². The van der Waals surface area contributed by atoms with Crippen molar-refractivity contribution in [1.82, 2.24) is 4.90 Å². The minimum atomic E-state index is -4.42. The molecule has 3 nitrogen and oxygen atoms in total. The Kier molecular flexibility index (Phi) is 5.79. The summed E-state index contributed by atoms with van der Waals surface area (Å²) in [6.07, 6.45) is -4.42. The fourth-order valence-corrected chi connectivity index (χ4v) is 1.80. The van der Waals surface area contributed by atoms with Crippen molar-refractivity contribution in [2.24, 2.45) is 5.73 Å². The van der Waals surface area contributed by atoms with Gasteiger partial charge in [0.05, 0.1) is 6.54 Å². The maximum Gasteiger partial charge on any atom is 0.406 e. The first-order chi connectivity index (χ1) is 9.78. The van der Waals surface area contributed by atoms with E-state index in [1.807, 2.05) is 0 Å². The van der Waals surface area contributed by atoms with Gasteiger partial charge in [0.15, 0.2) is 0 Å². The van der Waals surface area contributed by atoms with Gasteiger partial charge in [0, 0.05) is 17.7 Å². The molecule has 0 saturated carbocycles. The number of rotatable bonds is 3. The Balaban J connectivity index is 3.09. The molecule has 0 bridgehead atoms. The number of hydrogen-bond acceptors (Lipinski definition) is 2. The lowest BCUT2D eigenvalue weighted by Gasteiger charge is -2.23. The lowest BCUT2D eigenvalue weighted by atomic mass is 10.0. The summed E-state index contributed by atoms with van der Waals surface area (Å²) in [5.74, 6) is 4.76. The molecule has 0 aliphatic rings. The number of carbonyl (C=O) groups is 1. The monoisotopic (exact) mass is 298 g/mol. The molecular formula is C15H17F3N2O. The van der Waals surface area contributed by atoms with Crippen LogP contribution in [0.25, 0.3) is 0 Å². The van der Waals surface area contributed by atoms with Crippen LogP contribution in [0.15, 0.2) is 18.2 Å². The molecule has 1 aromatic rings. The van der Waals surface area contributed by atoms with Crippen LogP contribution in [0.4, 0.5) is 13.2 Å². The van der Waals surface area contributed by atoms with Crippen LogP contribution < -0.4 is 5.73 Å². The molecule has 0 unspecified atom stereocenters. The maximum atomic E-state index is 12.5. The van der Waals surface area contributed by atoms with E-state index in [0.717, 1.165) is 4.90 Å². The zero-order chi connectivity index (χ0) is 16.0. The first-order valence-electron chi connectivity index (χ1n) is 6.44. The topological polar surface area (TPSA) is 46.3 Å². The molecule has 0 fully saturated rings. The zero-order valence-corrected chi connectivity index (χ0v) is 11.9. The molecule has 0 spiro atoms. The Hall–Kier alpha value is -2.00. The van der Waals surface area contributed by atoms with E-state index in [2.05, 4.69) is 11.8 Å². The van der Waals surface area contributed by atoms with Crippen LogP contribution in [0.1, 0.15) is 28.4 Å². The van der Waals surface area contributed by atoms with Gasteiger partial charge >= 0.3 is 6.18 Å². The summed E-state index contributed by atoms with van der Waals surface area (Å²) in [6.45, 7) is 2.08. The number of nitrogens with two attached hydrogens (primary N) is 1. The van der Waals surface area contributed by atoms with Crippen molar-refractivity contribution in [3.8, 4) is 11.8 Å². The van der Waals surface area contributed by atoms with Gasteiger partial charge in [0.2, 0.25) is 0 Å². The van der Waals surface area contributed by atoms with Crippen molar-refractivity contribution in [2.45, 2.75) is 20.0 Å². The van der Waals surface area contributed by atoms with Crippen LogP contribution in [0.2, 0.25) is 0 Å². The molecule has 0 heterocycles. The maximum absolute atomic E-state index is 12.5. The van der Waals surface area contributed by atoms with Crippen molar-refractivity contribution < 1.29 is 18.0 Å². The second-order valence-electron chi connectivity index (χ2n) is 4.47. The summed E-state index contributed by atoms with van der Waals surface area (Å²) in [4.78, 5) is 13.0. The summed E-state index contributed by atoms with van der Waals surface area (Å²) in [6, 6.07) is 4.86. The molecule has 0 aliphatic carbocycles. The number of hydrogen-bond donors (Lipinski definition) is 1. The first kappa shape index (κ1) is 17.1. The van der Waals surface area contributed by atoms with E-state index in [4.69, 9.17) is 5.73 Å². The lowest BCUT2D eigenvalue weighted by molar-refractivity contribution is -0.140. The second kappa shape index (κ2) is 7.14. The minimum Gasteiger partial charge on any atom is -0.330 e. The average molecular weight is 298 g/mol. The highest BCUT2D eigenvalue weighted by atomic mass is 19.4. The zero-order valence-electron chi connectivity index (χ0n) is 11.9. The normalized spacial score (nSPS) is 10.8. The van der Waals surface area contributed by atoms with Crippen LogP contribution in [-0.2, 0) is 0 Å². The third-order valence-corrected chi connectivity index (χ3v) is 2.84. The Labute approximate surface area is 121 Å². The summed E-state index contributed by atoms with van der Waals surface area (Å²) in [5.41, 5.74) is 6.66. The Morgan fingerprint density at radius 3 is 2.57 bits per heavy atom. The van der Waals surface area contributed by atoms with Gasteiger partial charge in [-0.1, -0.05) is 17.9 Å². The van der Waals surface area contributed by atoms with Gasteiger partial charge < -0.3 is 10.6 Å². The number of alkyl halides is 3. The van der Waals surface area contributed by atoms with Gasteiger partial charge in [0.1, 0.15) is 6.54 Å². The Morgan fingerprint density at radius 2 is 2.05 bits per heavy atom. The molecule has 6 heteroatoms. The average Bonchev–Trinajstić information content (AvgIpc) is 2.42. The highest BCUT2D eigenvalue weighted by Crippen LogP contribution is 2.19. The van der Waals surface area contributed by atoms with Gasteiger partial charge in [-0.25, -0.2) is 0 Å². The van der Waals surface area contributed by atoms with Gasteiger partial charge in [0.25, 0.3) is 5.91 Å². The third-order valence-electron chi connectivity index (χ3n) is 2.84. The van der Waals surface area contributed by atoms with Crippen LogP contribution in [0.5, 0.6) is 0 Å². The molecule has 0 radical (unpaired) electrons. The molecule has 0 aromatic heterocycles. The molecule has 0 atom stereocenters. The Morgan fingerprint density at radius 1 is 1.38 bits per heavy atom. The molecule has 2 N–H and O–H groups in total. The highest BCUT2D eigenvalue weighted by Gasteiger charge is 2.32. The lowest BCUT2D eigenvalue weighted by Crippen LogP contribution is -2.39. The molecule has 114 valence electrons. The van der Waals surface area contributed by atoms with Gasteiger partial charge in [-0.15, -0.1) is 0 Å². The van der Waals surface area contributed by atoms with E-state index in [1.54, 1.807) is 19.1 Å². The summed E-state index contributed by atoms with van der Waals surface area (Å²) in [5, 5.41) is 0. The number of carbonyl (C=O) groups excluding carboxylic acids is 1. The SMILES string of the molecule is CCN(CC(F)(F)F)C(=O)c1cc(C#CCN)ccc1C. The van der Waals surface area contributed by atoms with E-state index in [-0.39, 0.29) is 18.7 Å². The van der Waals surface area contributed by atoms with Crippen LogP contribution in [-0.4, -0.2) is 36.6 Å². The van der Waals surface area contributed by atoms with Crippen molar-refractivity contribution in [3.63, 3.8) is 0 Å². The fraction of sp³-hybridized carbons (Fsp3) is 0.400. The van der Waals surface area contributed by atoms with E-state index >= 15 is 0 Å². The predicted molar refractivity (Wildman–Crippen MR) is 74.7 cm³/mol. The Bertz CT molecular complexity index is 571. The highest BCUT2D eigenvalue weighted by molar-refractivity contribution is 5.96. The first-order valence-corrected chi connectivity index (χ1v) is 6.44.